The maximum atomic E-state index is 12.9. The van der Waals surface area contributed by atoms with E-state index < -0.39 is 11.9 Å². The average molecular weight is 471 g/mol. The van der Waals surface area contributed by atoms with Crippen molar-refractivity contribution >= 4 is 29.3 Å². The lowest BCUT2D eigenvalue weighted by Gasteiger charge is -2.16. The molecule has 8 nitrogen and oxygen atoms in total. The molecule has 0 aliphatic carbocycles. The summed E-state index contributed by atoms with van der Waals surface area (Å²) in [6.07, 6.45) is 9.61. The van der Waals surface area contributed by atoms with Crippen LogP contribution in [0.2, 0.25) is 0 Å². The summed E-state index contributed by atoms with van der Waals surface area (Å²) in [4.78, 5) is 31.7. The topological polar surface area (TPSA) is 85.7 Å². The Hall–Kier alpha value is -3.81. The van der Waals surface area contributed by atoms with E-state index in [-0.39, 0.29) is 22.8 Å². The molecule has 0 spiro atoms. The van der Waals surface area contributed by atoms with Gasteiger partial charge in [-0.3, -0.25) is 9.36 Å². The minimum atomic E-state index is -0.676. The lowest BCUT2D eigenvalue weighted by atomic mass is 10.2. The van der Waals surface area contributed by atoms with Gasteiger partial charge < -0.3 is 19.7 Å². The monoisotopic (exact) mass is 470 g/mol. The van der Waals surface area contributed by atoms with E-state index in [1.54, 1.807) is 41.8 Å². The van der Waals surface area contributed by atoms with Crippen molar-refractivity contribution in [2.75, 3.05) is 38.5 Å². The lowest BCUT2D eigenvalue weighted by molar-refractivity contribution is -0.112. The zero-order valence-corrected chi connectivity index (χ0v) is 21.6. The molecule has 1 aromatic rings. The number of esters is 1. The van der Waals surface area contributed by atoms with Gasteiger partial charge in [0.2, 0.25) is 5.95 Å². The smallest absolute Gasteiger partial charge is 0.359 e. The molecule has 0 radical (unpaired) electrons. The molecule has 1 rings (SSSR count). The second kappa shape index (κ2) is 15.1. The minimum absolute atomic E-state index is 0.0221. The van der Waals surface area contributed by atoms with Gasteiger partial charge in [-0.15, -0.1) is 0 Å². The summed E-state index contributed by atoms with van der Waals surface area (Å²) in [6, 6.07) is 0. The van der Waals surface area contributed by atoms with Gasteiger partial charge in [-0.25, -0.2) is 4.79 Å². The van der Waals surface area contributed by atoms with Crippen molar-refractivity contribution in [2.24, 2.45) is 5.92 Å². The van der Waals surface area contributed by atoms with Crippen LogP contribution in [-0.4, -0.2) is 49.7 Å². The Balaban J connectivity index is 0.00000251. The zero-order chi connectivity index (χ0) is 26.4. The van der Waals surface area contributed by atoms with Gasteiger partial charge in [-0.2, -0.15) is 4.98 Å². The number of carbonyl (C=O) groups is 2. The first-order valence-electron chi connectivity index (χ1n) is 10.7. The Morgan fingerprint density at radius 1 is 1.09 bits per heavy atom. The summed E-state index contributed by atoms with van der Waals surface area (Å²) in [6.45, 7) is 19.3. The highest BCUT2D eigenvalue weighted by Crippen LogP contribution is 2.29. The van der Waals surface area contributed by atoms with Gasteiger partial charge in [0.05, 0.1) is 19.8 Å². The molecule has 1 amide bonds. The van der Waals surface area contributed by atoms with Crippen molar-refractivity contribution < 1.29 is 19.1 Å². The highest BCUT2D eigenvalue weighted by Gasteiger charge is 2.28. The third-order valence-corrected chi connectivity index (χ3v) is 3.87. The molecule has 1 aromatic heterocycles. The van der Waals surface area contributed by atoms with Crippen molar-refractivity contribution in [1.82, 2.24) is 9.55 Å². The summed E-state index contributed by atoms with van der Waals surface area (Å²) >= 11 is 0. The maximum absolute atomic E-state index is 12.9. The van der Waals surface area contributed by atoms with E-state index in [9.17, 15) is 9.59 Å². The molecule has 1 N–H and O–H groups in total. The zero-order valence-electron chi connectivity index (χ0n) is 21.6. The number of methoxy groups -OCH3 is 2. The second-order valence-corrected chi connectivity index (χ2v) is 7.73. The van der Waals surface area contributed by atoms with Gasteiger partial charge >= 0.3 is 5.97 Å². The van der Waals surface area contributed by atoms with Crippen LogP contribution in [0.5, 0.6) is 0 Å². The van der Waals surface area contributed by atoms with E-state index in [2.05, 4.69) is 50.8 Å². The van der Waals surface area contributed by atoms with Crippen LogP contribution in [0.15, 0.2) is 67.5 Å². The van der Waals surface area contributed by atoms with Crippen LogP contribution in [0.4, 0.5) is 11.8 Å². The predicted molar refractivity (Wildman–Crippen MR) is 141 cm³/mol. The van der Waals surface area contributed by atoms with Gasteiger partial charge in [0, 0.05) is 19.8 Å². The summed E-state index contributed by atoms with van der Waals surface area (Å²) in [7, 11) is 6.20. The van der Waals surface area contributed by atoms with E-state index in [4.69, 9.17) is 9.47 Å². The van der Waals surface area contributed by atoms with Gasteiger partial charge in [-0.05, 0) is 31.1 Å². The second-order valence-electron chi connectivity index (χ2n) is 7.73. The van der Waals surface area contributed by atoms with Crippen LogP contribution in [0.1, 0.15) is 38.2 Å². The number of rotatable bonds is 10. The quantitative estimate of drug-likeness (QED) is 0.219. The minimum Gasteiger partial charge on any atom is -0.496 e. The fourth-order valence-corrected chi connectivity index (χ4v) is 2.60. The molecule has 0 saturated carbocycles. The molecule has 0 fully saturated rings. The molecule has 34 heavy (non-hydrogen) atoms. The van der Waals surface area contributed by atoms with E-state index in [0.29, 0.717) is 11.6 Å². The van der Waals surface area contributed by atoms with E-state index in [0.717, 1.165) is 5.92 Å². The number of anilines is 2. The van der Waals surface area contributed by atoms with Crippen LogP contribution in [-0.2, 0) is 14.3 Å². The molecule has 0 aliphatic rings. The van der Waals surface area contributed by atoms with Gasteiger partial charge in [0.1, 0.15) is 5.76 Å². The highest BCUT2D eigenvalue weighted by atomic mass is 16.5. The molecule has 8 heteroatoms. The van der Waals surface area contributed by atoms with Crippen molar-refractivity contribution in [3.05, 3.63) is 73.2 Å². The summed E-state index contributed by atoms with van der Waals surface area (Å²) in [5.74, 6) is 0.244. The van der Waals surface area contributed by atoms with E-state index >= 15 is 0 Å². The molecule has 0 bridgehead atoms. The number of hydrogen-bond donors (Lipinski definition) is 1. The van der Waals surface area contributed by atoms with E-state index in [1.807, 2.05) is 13.0 Å². The number of ether oxygens (including phenoxy) is 2. The van der Waals surface area contributed by atoms with Crippen molar-refractivity contribution in [3.8, 4) is 0 Å². The summed E-state index contributed by atoms with van der Waals surface area (Å²) in [5, 5.41) is 2.65. The van der Waals surface area contributed by atoms with Crippen LogP contribution in [0.25, 0.3) is 5.70 Å². The summed E-state index contributed by atoms with van der Waals surface area (Å²) < 4.78 is 11.7. The van der Waals surface area contributed by atoms with Crippen LogP contribution >= 0.6 is 0 Å². The van der Waals surface area contributed by atoms with Crippen molar-refractivity contribution in [2.45, 2.75) is 27.7 Å². The molecule has 0 saturated heterocycles. The first-order valence-corrected chi connectivity index (χ1v) is 10.7. The molecular weight excluding hydrogens is 432 g/mol. The number of allylic oxidation sites excluding steroid dienone is 6. The number of aromatic nitrogens is 2. The number of hydrogen-bond acceptors (Lipinski definition) is 6. The van der Waals surface area contributed by atoms with Crippen molar-refractivity contribution in [3.63, 3.8) is 0 Å². The molecule has 0 aromatic carbocycles. The number of nitrogens with one attached hydrogen (secondary N) is 1. The van der Waals surface area contributed by atoms with E-state index in [1.165, 1.54) is 26.4 Å². The highest BCUT2D eigenvalue weighted by molar-refractivity contribution is 6.09. The van der Waals surface area contributed by atoms with Crippen molar-refractivity contribution in [1.29, 1.82) is 0 Å². The maximum Gasteiger partial charge on any atom is 0.359 e. The normalized spacial score (nSPS) is 11.7. The fraction of sp³-hybridized carbons (Fsp3) is 0.346. The molecular formula is C26H38N4O4. The van der Waals surface area contributed by atoms with Gasteiger partial charge in [-0.1, -0.05) is 58.7 Å². The fourth-order valence-electron chi connectivity index (χ4n) is 2.60. The molecule has 0 unspecified atom stereocenters. The number of nitrogens with zero attached hydrogens (tertiary/aromatic N) is 3. The van der Waals surface area contributed by atoms with Gasteiger partial charge in [0.15, 0.2) is 11.5 Å². The molecule has 0 aliphatic heterocycles. The number of imidazole rings is 1. The standard InChI is InChI=1S/C22H28N4O4.C4H10/c1-9-13-15(14-10-2)26-18(21(28)30-8)19(24-22(26)25(5)6)23-20(27)16(11-3)17(12-4)29-7;1-4(2)3/h9-14H,1,3-4H2,2,5-8H3,(H,23,27);4H,1-3H3/b14-10-,15-13+,17-16-;. The third-order valence-electron chi connectivity index (χ3n) is 3.87. The Kier molecular flexibility index (Phi) is 13.4. The Labute approximate surface area is 203 Å². The first kappa shape index (κ1) is 30.2. The third kappa shape index (κ3) is 8.27. The molecule has 1 heterocycles. The Bertz CT molecular complexity index is 976. The Morgan fingerprint density at radius 2 is 1.68 bits per heavy atom. The first-order chi connectivity index (χ1) is 16.0. The Morgan fingerprint density at radius 3 is 2.06 bits per heavy atom. The van der Waals surface area contributed by atoms with Crippen LogP contribution in [0.3, 0.4) is 0 Å². The predicted octanol–water partition coefficient (Wildman–Crippen LogP) is 5.21. The number of carbonyl (C=O) groups excluding carboxylic acids is 2. The average Bonchev–Trinajstić information content (AvgIpc) is 3.15. The van der Waals surface area contributed by atoms with Crippen LogP contribution < -0.4 is 10.2 Å². The van der Waals surface area contributed by atoms with Gasteiger partial charge in [0.25, 0.3) is 5.91 Å². The molecule has 0 atom stereocenters. The number of amides is 1. The van der Waals surface area contributed by atoms with Crippen LogP contribution in [0, 0.1) is 5.92 Å². The SMILES string of the molecule is C=C/C=C(\C=C/C)n1c(N(C)C)nc(NC(=O)/C(C=C)=C(/C=C)OC)c1C(=O)OC.CC(C)C. The molecule has 186 valence electrons. The summed E-state index contributed by atoms with van der Waals surface area (Å²) in [5.41, 5.74) is 0.786. The largest absolute Gasteiger partial charge is 0.496 e. The lowest BCUT2D eigenvalue weighted by Crippen LogP contribution is -2.20.